The molecule has 100 valence electrons. The number of hydrogen-bond acceptors (Lipinski definition) is 2. The normalized spacial score (nSPS) is 10.6. The zero-order chi connectivity index (χ0) is 15.1. The Morgan fingerprint density at radius 2 is 0.955 bits per heavy atom. The molecule has 4 aromatic carbocycles. The first kappa shape index (κ1) is 12.4. The van der Waals surface area contributed by atoms with Crippen molar-refractivity contribution in [2.24, 2.45) is 0 Å². The third-order valence-corrected chi connectivity index (χ3v) is 4.11. The molecule has 0 aliphatic heterocycles. The molecule has 0 aromatic heterocycles. The van der Waals surface area contributed by atoms with Gasteiger partial charge in [0.05, 0.1) is 11.1 Å². The average molecular weight is 278 g/mol. The fourth-order valence-corrected chi connectivity index (χ4v) is 3.11. The number of hydrogen-bond donors (Lipinski definition) is 0. The van der Waals surface area contributed by atoms with E-state index in [1.165, 1.54) is 0 Å². The highest BCUT2D eigenvalue weighted by atomic mass is 14.3. The van der Waals surface area contributed by atoms with Crippen LogP contribution >= 0.6 is 0 Å². The molecule has 0 saturated carbocycles. The Hall–Kier alpha value is -3.36. The Balaban J connectivity index is 2.37. The standard InChI is InChI=1S/C20H10N2/c21-11-19-15-7-3-1-5-13(15)9-17-18(19)10-14-6-2-4-8-16(14)20(17)12-22/h1-10H. The predicted molar refractivity (Wildman–Crippen MR) is 88.4 cm³/mol. The number of nitrogens with zero attached hydrogens (tertiary/aromatic N) is 2. The lowest BCUT2D eigenvalue weighted by Gasteiger charge is -2.10. The van der Waals surface area contributed by atoms with Gasteiger partial charge in [-0.15, -0.1) is 0 Å². The van der Waals surface area contributed by atoms with Gasteiger partial charge in [-0.3, -0.25) is 0 Å². The fourth-order valence-electron chi connectivity index (χ4n) is 3.11. The molecule has 0 N–H and O–H groups in total. The first-order valence-electron chi connectivity index (χ1n) is 7.01. The molecule has 2 heteroatoms. The van der Waals surface area contributed by atoms with Crippen LogP contribution in [0, 0.1) is 22.7 Å². The highest BCUT2D eigenvalue weighted by Crippen LogP contribution is 2.34. The summed E-state index contributed by atoms with van der Waals surface area (Å²) in [5.41, 5.74) is 1.27. The van der Waals surface area contributed by atoms with E-state index in [-0.39, 0.29) is 0 Å². The Labute approximate surface area is 127 Å². The Kier molecular flexibility index (Phi) is 2.58. The van der Waals surface area contributed by atoms with Gasteiger partial charge in [-0.05, 0) is 22.9 Å². The Morgan fingerprint density at radius 1 is 0.545 bits per heavy atom. The number of benzene rings is 4. The van der Waals surface area contributed by atoms with E-state index >= 15 is 0 Å². The molecule has 0 bridgehead atoms. The summed E-state index contributed by atoms with van der Waals surface area (Å²) in [6, 6.07) is 24.3. The van der Waals surface area contributed by atoms with Crippen LogP contribution in [0.5, 0.6) is 0 Å². The summed E-state index contributed by atoms with van der Waals surface area (Å²) in [7, 11) is 0. The minimum absolute atomic E-state index is 0.635. The minimum Gasteiger partial charge on any atom is -0.192 e. The van der Waals surface area contributed by atoms with Gasteiger partial charge in [-0.25, -0.2) is 0 Å². The van der Waals surface area contributed by atoms with Gasteiger partial charge in [-0.1, -0.05) is 48.5 Å². The predicted octanol–water partition coefficient (Wildman–Crippen LogP) is 4.89. The van der Waals surface area contributed by atoms with Crippen LogP contribution < -0.4 is 0 Å². The van der Waals surface area contributed by atoms with E-state index in [0.717, 1.165) is 32.3 Å². The van der Waals surface area contributed by atoms with E-state index in [4.69, 9.17) is 0 Å². The van der Waals surface area contributed by atoms with Gasteiger partial charge in [0.15, 0.2) is 0 Å². The minimum atomic E-state index is 0.635. The quantitative estimate of drug-likeness (QED) is 0.430. The topological polar surface area (TPSA) is 47.6 Å². The molecule has 0 saturated heterocycles. The SMILES string of the molecule is N#Cc1c2ccccc2cc2c(C#N)c3ccccc3cc12. The maximum Gasteiger partial charge on any atom is 0.100 e. The van der Waals surface area contributed by atoms with Crippen molar-refractivity contribution in [1.82, 2.24) is 0 Å². The van der Waals surface area contributed by atoms with Gasteiger partial charge in [0, 0.05) is 21.5 Å². The van der Waals surface area contributed by atoms with Gasteiger partial charge in [0.2, 0.25) is 0 Å². The third-order valence-electron chi connectivity index (χ3n) is 4.11. The van der Waals surface area contributed by atoms with E-state index in [2.05, 4.69) is 12.1 Å². The third kappa shape index (κ3) is 1.59. The molecular weight excluding hydrogens is 268 g/mol. The monoisotopic (exact) mass is 278 g/mol. The van der Waals surface area contributed by atoms with Crippen LogP contribution in [-0.4, -0.2) is 0 Å². The van der Waals surface area contributed by atoms with Crippen LogP contribution in [0.4, 0.5) is 0 Å². The van der Waals surface area contributed by atoms with Crippen molar-refractivity contribution < 1.29 is 0 Å². The molecule has 0 unspecified atom stereocenters. The Bertz CT molecular complexity index is 1050. The number of fused-ring (bicyclic) bond motifs is 3. The van der Waals surface area contributed by atoms with Gasteiger partial charge in [0.25, 0.3) is 0 Å². The summed E-state index contributed by atoms with van der Waals surface area (Å²) in [5.74, 6) is 0. The molecule has 4 aromatic rings. The van der Waals surface area contributed by atoms with Gasteiger partial charge in [0.1, 0.15) is 12.1 Å². The van der Waals surface area contributed by atoms with Crippen LogP contribution in [-0.2, 0) is 0 Å². The van der Waals surface area contributed by atoms with E-state index in [1.54, 1.807) is 0 Å². The number of rotatable bonds is 0. The highest BCUT2D eigenvalue weighted by Gasteiger charge is 2.13. The Morgan fingerprint density at radius 3 is 1.36 bits per heavy atom. The second-order valence-corrected chi connectivity index (χ2v) is 5.26. The van der Waals surface area contributed by atoms with Crippen LogP contribution in [0.2, 0.25) is 0 Å². The van der Waals surface area contributed by atoms with Crippen molar-refractivity contribution in [3.63, 3.8) is 0 Å². The van der Waals surface area contributed by atoms with Crippen LogP contribution in [0.25, 0.3) is 32.3 Å². The van der Waals surface area contributed by atoms with Gasteiger partial charge in [-0.2, -0.15) is 10.5 Å². The fraction of sp³-hybridized carbons (Fsp3) is 0. The van der Waals surface area contributed by atoms with Crippen molar-refractivity contribution in [3.8, 4) is 12.1 Å². The van der Waals surface area contributed by atoms with Crippen LogP contribution in [0.1, 0.15) is 11.1 Å². The molecule has 0 fully saturated rings. The smallest absolute Gasteiger partial charge is 0.100 e. The molecule has 2 nitrogen and oxygen atoms in total. The molecule has 4 rings (SSSR count). The van der Waals surface area contributed by atoms with E-state index in [0.29, 0.717) is 11.1 Å². The summed E-state index contributed by atoms with van der Waals surface area (Å²) in [5, 5.41) is 24.8. The summed E-state index contributed by atoms with van der Waals surface area (Å²) < 4.78 is 0. The maximum absolute atomic E-state index is 9.64. The molecule has 0 radical (unpaired) electrons. The lowest BCUT2D eigenvalue weighted by Crippen LogP contribution is -1.89. The van der Waals surface area contributed by atoms with Gasteiger partial charge < -0.3 is 0 Å². The van der Waals surface area contributed by atoms with Gasteiger partial charge >= 0.3 is 0 Å². The van der Waals surface area contributed by atoms with Crippen LogP contribution in [0.15, 0.2) is 60.7 Å². The van der Waals surface area contributed by atoms with E-state index < -0.39 is 0 Å². The summed E-state index contributed by atoms with van der Waals surface area (Å²) in [6.07, 6.45) is 0. The lowest BCUT2D eigenvalue weighted by molar-refractivity contribution is 1.51. The molecule has 0 heterocycles. The molecule has 0 amide bonds. The molecular formula is C20H10N2. The molecule has 0 aliphatic rings. The van der Waals surface area contributed by atoms with E-state index in [9.17, 15) is 10.5 Å². The highest BCUT2D eigenvalue weighted by molar-refractivity contribution is 6.12. The molecule has 0 atom stereocenters. The maximum atomic E-state index is 9.64. The van der Waals surface area contributed by atoms with Crippen molar-refractivity contribution in [3.05, 3.63) is 71.8 Å². The van der Waals surface area contributed by atoms with Crippen LogP contribution in [0.3, 0.4) is 0 Å². The van der Waals surface area contributed by atoms with Crippen molar-refractivity contribution in [2.75, 3.05) is 0 Å². The second-order valence-electron chi connectivity index (χ2n) is 5.26. The lowest BCUT2D eigenvalue weighted by atomic mass is 9.91. The zero-order valence-electron chi connectivity index (χ0n) is 11.7. The summed E-state index contributed by atoms with van der Waals surface area (Å²) in [6.45, 7) is 0. The van der Waals surface area contributed by atoms with Crippen molar-refractivity contribution in [1.29, 1.82) is 10.5 Å². The largest absolute Gasteiger partial charge is 0.192 e. The first-order valence-corrected chi connectivity index (χ1v) is 7.01. The average Bonchev–Trinajstić information content (AvgIpc) is 2.57. The summed E-state index contributed by atoms with van der Waals surface area (Å²) >= 11 is 0. The first-order chi connectivity index (χ1) is 10.8. The van der Waals surface area contributed by atoms with E-state index in [1.807, 2.05) is 60.7 Å². The zero-order valence-corrected chi connectivity index (χ0v) is 11.7. The summed E-state index contributed by atoms with van der Waals surface area (Å²) in [4.78, 5) is 0. The van der Waals surface area contributed by atoms with Crippen molar-refractivity contribution in [2.45, 2.75) is 0 Å². The molecule has 22 heavy (non-hydrogen) atoms. The molecule has 0 aliphatic carbocycles. The second kappa shape index (κ2) is 4.58. The van der Waals surface area contributed by atoms with Crippen molar-refractivity contribution >= 4 is 32.3 Å². The number of nitriles is 2. The molecule has 0 spiro atoms.